The number of para-hydroxylation sites is 2. The molecule has 1 aliphatic rings. The van der Waals surface area contributed by atoms with Crippen LogP contribution in [0.15, 0.2) is 72.8 Å². The van der Waals surface area contributed by atoms with Crippen LogP contribution in [0.5, 0.6) is 0 Å². The molecule has 4 nitrogen and oxygen atoms in total. The Labute approximate surface area is 183 Å². The Bertz CT molecular complexity index is 1240. The van der Waals surface area contributed by atoms with Gasteiger partial charge >= 0.3 is 0 Å². The number of imidazole rings is 1. The molecule has 1 aromatic heterocycles. The van der Waals surface area contributed by atoms with Gasteiger partial charge in [-0.2, -0.15) is 0 Å². The lowest BCUT2D eigenvalue weighted by Gasteiger charge is -2.20. The van der Waals surface area contributed by atoms with Crippen molar-refractivity contribution in [1.29, 1.82) is 0 Å². The summed E-state index contributed by atoms with van der Waals surface area (Å²) >= 11 is 0. The zero-order chi connectivity index (χ0) is 21.4. The first-order valence-corrected chi connectivity index (χ1v) is 11.0. The minimum Gasteiger partial charge on any atom is -0.327 e. The van der Waals surface area contributed by atoms with Crippen LogP contribution in [0, 0.1) is 13.8 Å². The van der Waals surface area contributed by atoms with E-state index in [1.165, 1.54) is 11.1 Å². The van der Waals surface area contributed by atoms with E-state index < -0.39 is 0 Å². The predicted molar refractivity (Wildman–Crippen MR) is 126 cm³/mol. The zero-order valence-corrected chi connectivity index (χ0v) is 18.1. The maximum atomic E-state index is 13.0. The van der Waals surface area contributed by atoms with Crippen molar-refractivity contribution >= 4 is 22.6 Å². The highest BCUT2D eigenvalue weighted by Gasteiger charge is 2.35. The molecule has 0 unspecified atom stereocenters. The SMILES string of the molecule is Cc1ccc(C)c(N2C[C@H](c3nc4ccccc4n3CCc3ccccc3)CC2=O)c1. The number of carbonyl (C=O) groups is 1. The topological polar surface area (TPSA) is 38.1 Å². The molecule has 0 bridgehead atoms. The fourth-order valence-corrected chi connectivity index (χ4v) is 4.65. The Morgan fingerprint density at radius 2 is 1.74 bits per heavy atom. The van der Waals surface area contributed by atoms with Crippen molar-refractivity contribution in [1.82, 2.24) is 9.55 Å². The van der Waals surface area contributed by atoms with E-state index in [2.05, 4.69) is 79.1 Å². The molecular formula is C27H27N3O. The molecular weight excluding hydrogens is 382 g/mol. The molecule has 1 fully saturated rings. The molecule has 3 aromatic carbocycles. The van der Waals surface area contributed by atoms with Crippen LogP contribution < -0.4 is 4.90 Å². The molecule has 0 N–H and O–H groups in total. The standard InChI is InChI=1S/C27H27N3O/c1-19-12-13-20(2)25(16-19)30-18-22(17-26(30)31)27-28-23-10-6-7-11-24(23)29(27)15-14-21-8-4-3-5-9-21/h3-13,16,22H,14-15,17-18H2,1-2H3/t22-/m1/s1. The average Bonchev–Trinajstić information content (AvgIpc) is 3.35. The van der Waals surface area contributed by atoms with E-state index in [0.29, 0.717) is 13.0 Å². The van der Waals surface area contributed by atoms with Crippen LogP contribution in [0.3, 0.4) is 0 Å². The number of aryl methyl sites for hydroxylation is 4. The van der Waals surface area contributed by atoms with Crippen molar-refractivity contribution in [2.75, 3.05) is 11.4 Å². The van der Waals surface area contributed by atoms with Gasteiger partial charge in [-0.05, 0) is 55.2 Å². The summed E-state index contributed by atoms with van der Waals surface area (Å²) in [4.78, 5) is 20.0. The minimum absolute atomic E-state index is 0.0931. The first-order chi connectivity index (χ1) is 15.1. The summed E-state index contributed by atoms with van der Waals surface area (Å²) in [6, 6.07) is 25.2. The molecule has 1 amide bonds. The van der Waals surface area contributed by atoms with E-state index >= 15 is 0 Å². The number of aromatic nitrogens is 2. The number of amides is 1. The third kappa shape index (κ3) is 3.74. The number of nitrogens with zero attached hydrogens (tertiary/aromatic N) is 3. The summed E-state index contributed by atoms with van der Waals surface area (Å²) in [7, 11) is 0. The Kier molecular flexibility index (Phi) is 5.06. The monoisotopic (exact) mass is 409 g/mol. The maximum Gasteiger partial charge on any atom is 0.227 e. The normalized spacial score (nSPS) is 16.4. The maximum absolute atomic E-state index is 13.0. The third-order valence-corrected chi connectivity index (χ3v) is 6.30. The number of fused-ring (bicyclic) bond motifs is 1. The third-order valence-electron chi connectivity index (χ3n) is 6.30. The number of hydrogen-bond donors (Lipinski definition) is 0. The van der Waals surface area contributed by atoms with E-state index in [0.717, 1.165) is 41.1 Å². The quantitative estimate of drug-likeness (QED) is 0.442. The molecule has 4 aromatic rings. The van der Waals surface area contributed by atoms with Crippen LogP contribution >= 0.6 is 0 Å². The zero-order valence-electron chi connectivity index (χ0n) is 18.1. The Morgan fingerprint density at radius 3 is 2.58 bits per heavy atom. The first-order valence-electron chi connectivity index (χ1n) is 11.0. The molecule has 0 radical (unpaired) electrons. The van der Waals surface area contributed by atoms with Crippen molar-refractivity contribution in [2.24, 2.45) is 0 Å². The van der Waals surface area contributed by atoms with Crippen LogP contribution in [0.1, 0.15) is 34.9 Å². The molecule has 2 heterocycles. The van der Waals surface area contributed by atoms with Crippen molar-refractivity contribution in [3.05, 3.63) is 95.3 Å². The molecule has 31 heavy (non-hydrogen) atoms. The van der Waals surface area contributed by atoms with Crippen molar-refractivity contribution in [3.8, 4) is 0 Å². The molecule has 4 heteroatoms. The fourth-order valence-electron chi connectivity index (χ4n) is 4.65. The highest BCUT2D eigenvalue weighted by atomic mass is 16.2. The second-order valence-electron chi connectivity index (χ2n) is 8.54. The Morgan fingerprint density at radius 1 is 0.968 bits per heavy atom. The number of anilines is 1. The second-order valence-corrected chi connectivity index (χ2v) is 8.54. The van der Waals surface area contributed by atoms with E-state index in [4.69, 9.17) is 4.98 Å². The number of benzene rings is 3. The van der Waals surface area contributed by atoms with Gasteiger partial charge in [0.2, 0.25) is 5.91 Å². The van der Waals surface area contributed by atoms with Gasteiger partial charge in [0.15, 0.2) is 0 Å². The van der Waals surface area contributed by atoms with Gasteiger partial charge in [0.25, 0.3) is 0 Å². The van der Waals surface area contributed by atoms with Gasteiger partial charge in [-0.25, -0.2) is 4.98 Å². The van der Waals surface area contributed by atoms with Gasteiger partial charge in [-0.1, -0.05) is 54.6 Å². The summed E-state index contributed by atoms with van der Waals surface area (Å²) in [5.74, 6) is 1.30. The Balaban J connectivity index is 1.48. The van der Waals surface area contributed by atoms with Gasteiger partial charge in [0.05, 0.1) is 11.0 Å². The summed E-state index contributed by atoms with van der Waals surface area (Å²) in [5.41, 5.74) is 6.79. The average molecular weight is 410 g/mol. The van der Waals surface area contributed by atoms with E-state index in [1.54, 1.807) is 0 Å². The van der Waals surface area contributed by atoms with Gasteiger partial charge in [0.1, 0.15) is 5.82 Å². The van der Waals surface area contributed by atoms with Crippen LogP contribution in [-0.2, 0) is 17.8 Å². The van der Waals surface area contributed by atoms with Gasteiger partial charge in [-0.3, -0.25) is 4.79 Å². The molecule has 0 spiro atoms. The lowest BCUT2D eigenvalue weighted by Crippen LogP contribution is -2.25. The molecule has 0 saturated carbocycles. The number of hydrogen-bond acceptors (Lipinski definition) is 2. The lowest BCUT2D eigenvalue weighted by atomic mass is 10.1. The Hall–Kier alpha value is -3.40. The van der Waals surface area contributed by atoms with Crippen LogP contribution in [0.25, 0.3) is 11.0 Å². The molecule has 1 aliphatic heterocycles. The summed E-state index contributed by atoms with van der Waals surface area (Å²) in [5, 5.41) is 0. The van der Waals surface area contributed by atoms with Gasteiger partial charge in [0, 0.05) is 31.1 Å². The predicted octanol–water partition coefficient (Wildman–Crippen LogP) is 5.42. The van der Waals surface area contributed by atoms with Crippen LogP contribution in [0.4, 0.5) is 5.69 Å². The molecule has 1 atom stereocenters. The smallest absolute Gasteiger partial charge is 0.227 e. The second kappa shape index (κ2) is 8.03. The molecule has 0 aliphatic carbocycles. The number of rotatable bonds is 5. The molecule has 1 saturated heterocycles. The number of carbonyl (C=O) groups excluding carboxylic acids is 1. The van der Waals surface area contributed by atoms with E-state index in [1.807, 2.05) is 17.0 Å². The van der Waals surface area contributed by atoms with Crippen LogP contribution in [-0.4, -0.2) is 22.0 Å². The van der Waals surface area contributed by atoms with E-state index in [9.17, 15) is 4.79 Å². The first kappa shape index (κ1) is 19.6. The van der Waals surface area contributed by atoms with Crippen molar-refractivity contribution in [2.45, 2.75) is 39.2 Å². The largest absolute Gasteiger partial charge is 0.327 e. The highest BCUT2D eigenvalue weighted by Crippen LogP contribution is 2.35. The molecule has 5 rings (SSSR count). The van der Waals surface area contributed by atoms with Gasteiger partial charge in [-0.15, -0.1) is 0 Å². The lowest BCUT2D eigenvalue weighted by molar-refractivity contribution is -0.117. The summed E-state index contributed by atoms with van der Waals surface area (Å²) in [6.45, 7) is 5.68. The summed E-state index contributed by atoms with van der Waals surface area (Å²) < 4.78 is 2.33. The summed E-state index contributed by atoms with van der Waals surface area (Å²) in [6.07, 6.45) is 1.44. The molecule has 156 valence electrons. The highest BCUT2D eigenvalue weighted by molar-refractivity contribution is 5.97. The van der Waals surface area contributed by atoms with E-state index in [-0.39, 0.29) is 11.8 Å². The van der Waals surface area contributed by atoms with Crippen LogP contribution in [0.2, 0.25) is 0 Å². The van der Waals surface area contributed by atoms with Crippen molar-refractivity contribution < 1.29 is 4.79 Å². The fraction of sp³-hybridized carbons (Fsp3) is 0.259. The minimum atomic E-state index is 0.0931. The van der Waals surface area contributed by atoms with Gasteiger partial charge < -0.3 is 9.47 Å². The van der Waals surface area contributed by atoms with Crippen molar-refractivity contribution in [3.63, 3.8) is 0 Å².